The topological polar surface area (TPSA) is 114 Å². The van der Waals surface area contributed by atoms with E-state index in [0.717, 1.165) is 36.6 Å². The van der Waals surface area contributed by atoms with E-state index in [-0.39, 0.29) is 19.8 Å². The highest BCUT2D eigenvalue weighted by Gasteiger charge is 2.17. The number of carbonyl (C=O) groups is 1. The Morgan fingerprint density at radius 2 is 1.04 bits per heavy atom. The maximum Gasteiger partial charge on any atom is 0.329 e. The summed E-state index contributed by atoms with van der Waals surface area (Å²) in [7, 11) is 2.16. The van der Waals surface area contributed by atoms with Crippen LogP contribution < -0.4 is 4.89 Å². The Morgan fingerprint density at radius 3 is 1.48 bits per heavy atom. The van der Waals surface area contributed by atoms with Crippen molar-refractivity contribution in [2.75, 3.05) is 60.7 Å². The summed E-state index contributed by atoms with van der Waals surface area (Å²) in [4.78, 5) is 23.1. The van der Waals surface area contributed by atoms with Gasteiger partial charge in [0, 0.05) is 6.61 Å². The minimum Gasteiger partial charge on any atom is -0.756 e. The van der Waals surface area contributed by atoms with Gasteiger partial charge in [-0.1, -0.05) is 135 Å². The van der Waals surface area contributed by atoms with E-state index >= 15 is 0 Å². The van der Waals surface area contributed by atoms with Crippen LogP contribution in [-0.2, 0) is 27.9 Å². The van der Waals surface area contributed by atoms with E-state index in [1.165, 1.54) is 122 Å². The van der Waals surface area contributed by atoms with Crippen molar-refractivity contribution in [3.05, 3.63) is 0 Å². The molecule has 0 spiro atoms. The summed E-state index contributed by atoms with van der Waals surface area (Å²) in [6.45, 7) is 3.27. The van der Waals surface area contributed by atoms with Crippen molar-refractivity contribution in [3.8, 4) is 0 Å². The Labute approximate surface area is 283 Å². The second-order valence-corrected chi connectivity index (χ2v) is 15.5. The maximum absolute atomic E-state index is 12.2. The third kappa shape index (κ3) is 36.3. The van der Waals surface area contributed by atoms with Gasteiger partial charge < -0.3 is 33.0 Å². The molecule has 2 unspecified atom stereocenters. The molecular weight excluding hydrogens is 605 g/mol. The molecule has 10 heteroatoms. The number of phosphoric ester groups is 1. The molecule has 2 atom stereocenters. The zero-order chi connectivity index (χ0) is 34.2. The van der Waals surface area contributed by atoms with Crippen LogP contribution in [0.15, 0.2) is 0 Å². The van der Waals surface area contributed by atoms with Gasteiger partial charge in [0.15, 0.2) is 0 Å². The van der Waals surface area contributed by atoms with Gasteiger partial charge in [0.1, 0.15) is 12.7 Å². The summed E-state index contributed by atoms with van der Waals surface area (Å²) in [6, 6.07) is 0. The maximum atomic E-state index is 12.2. The van der Waals surface area contributed by atoms with Gasteiger partial charge in [-0.25, -0.2) is 4.79 Å². The molecule has 0 rings (SSSR count). The van der Waals surface area contributed by atoms with E-state index in [9.17, 15) is 14.3 Å². The Morgan fingerprint density at radius 1 is 0.630 bits per heavy atom. The number of hydrogen-bond donors (Lipinski definition) is 1. The van der Waals surface area contributed by atoms with Gasteiger partial charge in [0.05, 0.1) is 47.5 Å². The Balaban J connectivity index is 3.81. The largest absolute Gasteiger partial charge is 0.756 e. The average Bonchev–Trinajstić information content (AvgIpc) is 2.99. The number of carboxylic acids is 1. The van der Waals surface area contributed by atoms with Crippen molar-refractivity contribution >= 4 is 13.8 Å². The van der Waals surface area contributed by atoms with Crippen LogP contribution in [0.2, 0.25) is 0 Å². The quantitative estimate of drug-likeness (QED) is 0.0393. The summed E-state index contributed by atoms with van der Waals surface area (Å²) in [5.41, 5.74) is 0. The first-order chi connectivity index (χ1) is 22.1. The zero-order valence-electron chi connectivity index (χ0n) is 30.5. The van der Waals surface area contributed by atoms with Gasteiger partial charge in [-0.3, -0.25) is 4.57 Å². The summed E-state index contributed by atoms with van der Waals surface area (Å²) in [5.74, 6) is -1.13. The minimum absolute atomic E-state index is 0.0708. The number of rotatable bonds is 37. The summed E-state index contributed by atoms with van der Waals surface area (Å²) < 4.78 is 34.2. The fourth-order valence-electron chi connectivity index (χ4n) is 5.44. The fourth-order valence-corrected chi connectivity index (χ4v) is 6.21. The van der Waals surface area contributed by atoms with E-state index in [2.05, 4.69) is 28.1 Å². The van der Waals surface area contributed by atoms with Crippen LogP contribution in [0, 0.1) is 0 Å². The molecule has 0 aromatic carbocycles. The standard InChI is InChI=1S/C36H74NO8P/c1-5-6-7-8-9-10-11-12-13-14-15-16-18-21-24-27-30-42-32-35(43-34-36(38)39)33-45-46(40,41)44-31-28-25-22-19-17-20-23-26-29-37(2,3)4/h35H,5-34H2,1-4H3,(H-,38,39,40,41). The lowest BCUT2D eigenvalue weighted by atomic mass is 10.0. The molecular formula is C36H74NO8P. The normalized spacial score (nSPS) is 14.0. The first-order valence-corrected chi connectivity index (χ1v) is 20.3. The van der Waals surface area contributed by atoms with Crippen LogP contribution >= 0.6 is 7.82 Å². The number of hydrogen-bond acceptors (Lipinski definition) is 7. The molecule has 1 N–H and O–H groups in total. The van der Waals surface area contributed by atoms with Crippen LogP contribution in [0.1, 0.15) is 161 Å². The monoisotopic (exact) mass is 680 g/mol. The molecule has 0 fully saturated rings. The molecule has 0 aliphatic carbocycles. The van der Waals surface area contributed by atoms with Crippen LogP contribution in [-0.4, -0.2) is 82.4 Å². The number of carboxylic acid groups (broad SMARTS) is 1. The minimum atomic E-state index is -4.49. The summed E-state index contributed by atoms with van der Waals surface area (Å²) in [5, 5.41) is 8.96. The van der Waals surface area contributed by atoms with Crippen LogP contribution in [0.3, 0.4) is 0 Å². The zero-order valence-corrected chi connectivity index (χ0v) is 31.4. The third-order valence-electron chi connectivity index (χ3n) is 8.28. The molecule has 0 aromatic heterocycles. The van der Waals surface area contributed by atoms with E-state index in [4.69, 9.17) is 23.6 Å². The molecule has 0 bridgehead atoms. The highest BCUT2D eigenvalue weighted by molar-refractivity contribution is 7.45. The Hall–Kier alpha value is -0.540. The van der Waals surface area contributed by atoms with Gasteiger partial charge in [0.25, 0.3) is 7.82 Å². The van der Waals surface area contributed by atoms with Crippen LogP contribution in [0.5, 0.6) is 0 Å². The highest BCUT2D eigenvalue weighted by Crippen LogP contribution is 2.38. The molecule has 0 aromatic rings. The first kappa shape index (κ1) is 45.5. The van der Waals surface area contributed by atoms with E-state index in [1.54, 1.807) is 0 Å². The third-order valence-corrected chi connectivity index (χ3v) is 9.24. The molecule has 0 aliphatic heterocycles. The summed E-state index contributed by atoms with van der Waals surface area (Å²) in [6.07, 6.45) is 28.8. The summed E-state index contributed by atoms with van der Waals surface area (Å²) >= 11 is 0. The number of nitrogens with zero attached hydrogens (tertiary/aromatic N) is 1. The SMILES string of the molecule is CCCCCCCCCCCCCCCCCCOCC(COP(=O)([O-])OCCCCCCCCCC[N+](C)(C)C)OCC(=O)O. The molecule has 0 heterocycles. The number of unbranched alkanes of at least 4 members (excludes halogenated alkanes) is 22. The van der Waals surface area contributed by atoms with Crippen molar-refractivity contribution in [2.45, 2.75) is 167 Å². The van der Waals surface area contributed by atoms with Crippen LogP contribution in [0.4, 0.5) is 0 Å². The number of quaternary nitrogens is 1. The van der Waals surface area contributed by atoms with Gasteiger partial charge >= 0.3 is 5.97 Å². The lowest BCUT2D eigenvalue weighted by Gasteiger charge is -2.25. The molecule has 0 saturated heterocycles. The highest BCUT2D eigenvalue weighted by atomic mass is 31.2. The average molecular weight is 680 g/mol. The van der Waals surface area contributed by atoms with Gasteiger partial charge in [-0.05, 0) is 25.7 Å². The van der Waals surface area contributed by atoms with Crippen molar-refractivity contribution in [3.63, 3.8) is 0 Å². The van der Waals surface area contributed by atoms with Crippen molar-refractivity contribution < 1.29 is 42.4 Å². The van der Waals surface area contributed by atoms with Crippen molar-refractivity contribution in [1.29, 1.82) is 0 Å². The van der Waals surface area contributed by atoms with Crippen molar-refractivity contribution in [1.82, 2.24) is 0 Å². The molecule has 0 radical (unpaired) electrons. The predicted octanol–water partition coefficient (Wildman–Crippen LogP) is 9.06. The molecule has 0 aliphatic rings. The fraction of sp³-hybridized carbons (Fsp3) is 0.972. The molecule has 0 amide bonds. The van der Waals surface area contributed by atoms with Gasteiger partial charge in [-0.15, -0.1) is 0 Å². The lowest BCUT2D eigenvalue weighted by Crippen LogP contribution is -2.35. The second kappa shape index (κ2) is 31.7. The first-order valence-electron chi connectivity index (χ1n) is 18.9. The second-order valence-electron chi connectivity index (χ2n) is 14.1. The smallest absolute Gasteiger partial charge is 0.329 e. The van der Waals surface area contributed by atoms with E-state index in [0.29, 0.717) is 13.0 Å². The van der Waals surface area contributed by atoms with E-state index < -0.39 is 26.5 Å². The number of ether oxygens (including phenoxy) is 2. The molecule has 9 nitrogen and oxygen atoms in total. The van der Waals surface area contributed by atoms with Crippen molar-refractivity contribution in [2.24, 2.45) is 0 Å². The van der Waals surface area contributed by atoms with E-state index in [1.807, 2.05) is 0 Å². The van der Waals surface area contributed by atoms with Crippen LogP contribution in [0.25, 0.3) is 0 Å². The molecule has 46 heavy (non-hydrogen) atoms. The van der Waals surface area contributed by atoms with Gasteiger partial charge in [-0.2, -0.15) is 0 Å². The molecule has 0 saturated carbocycles. The predicted molar refractivity (Wildman–Crippen MR) is 187 cm³/mol. The molecule has 276 valence electrons. The van der Waals surface area contributed by atoms with Gasteiger partial charge in [0.2, 0.25) is 0 Å². The lowest BCUT2D eigenvalue weighted by molar-refractivity contribution is -0.870. The Bertz CT molecular complexity index is 719. The Kier molecular flexibility index (Phi) is 31.3. The number of phosphoric acid groups is 1. The number of aliphatic carboxylic acids is 1.